The van der Waals surface area contributed by atoms with Gasteiger partial charge in [0.05, 0.1) is 18.2 Å². The Morgan fingerprint density at radius 1 is 1.33 bits per heavy atom. The van der Waals surface area contributed by atoms with Crippen molar-refractivity contribution in [3.63, 3.8) is 0 Å². The Balaban J connectivity index is 2.41. The molecule has 1 aromatic carbocycles. The minimum absolute atomic E-state index is 0.280. The van der Waals surface area contributed by atoms with Gasteiger partial charge in [0.2, 0.25) is 0 Å². The zero-order valence-corrected chi connectivity index (χ0v) is 8.80. The molecule has 2 N–H and O–H groups in total. The van der Waals surface area contributed by atoms with Crippen LogP contribution in [0.15, 0.2) is 42.9 Å². The van der Waals surface area contributed by atoms with Crippen molar-refractivity contribution in [2.24, 2.45) is 5.73 Å². The Morgan fingerprint density at radius 2 is 2.07 bits per heavy atom. The quantitative estimate of drug-likeness (QED) is 0.826. The summed E-state index contributed by atoms with van der Waals surface area (Å²) in [6, 6.07) is 10.5. The molecule has 0 aliphatic heterocycles. The van der Waals surface area contributed by atoms with E-state index >= 15 is 0 Å². The molecule has 1 unspecified atom stereocenters. The number of hydrogen-bond acceptors (Lipinski definition) is 2. The number of hydrogen-bond donors (Lipinski definition) is 1. The fraction of sp³-hybridized carbons (Fsp3) is 0.250. The molecule has 3 nitrogen and oxygen atoms in total. The molecule has 1 heterocycles. The molecule has 0 aliphatic carbocycles. The summed E-state index contributed by atoms with van der Waals surface area (Å²) >= 11 is 0. The Labute approximate surface area is 89.6 Å². The topological polar surface area (TPSA) is 43.8 Å². The lowest BCUT2D eigenvalue weighted by Crippen LogP contribution is -2.15. The van der Waals surface area contributed by atoms with Crippen LogP contribution in [0.2, 0.25) is 0 Å². The minimum Gasteiger partial charge on any atom is -0.328 e. The molecule has 0 bridgehead atoms. The highest BCUT2D eigenvalue weighted by molar-refractivity contribution is 5.58. The summed E-state index contributed by atoms with van der Waals surface area (Å²) < 4.78 is 2.11. The molecule has 1 atom stereocenters. The summed E-state index contributed by atoms with van der Waals surface area (Å²) in [4.78, 5) is 4.17. The van der Waals surface area contributed by atoms with E-state index in [1.54, 1.807) is 0 Å². The van der Waals surface area contributed by atoms with E-state index in [9.17, 15) is 0 Å². The highest BCUT2D eigenvalue weighted by Crippen LogP contribution is 2.21. The third kappa shape index (κ3) is 1.92. The number of imidazole rings is 1. The third-order valence-electron chi connectivity index (χ3n) is 2.55. The van der Waals surface area contributed by atoms with E-state index in [4.69, 9.17) is 5.73 Å². The number of nitrogens with two attached hydrogens (primary N) is 1. The maximum Gasteiger partial charge on any atom is 0.0953 e. The maximum atomic E-state index is 5.66. The summed E-state index contributed by atoms with van der Waals surface area (Å²) in [7, 11) is 0. The Bertz CT molecular complexity index is 419. The van der Waals surface area contributed by atoms with E-state index in [1.807, 2.05) is 30.7 Å². The zero-order valence-electron chi connectivity index (χ0n) is 8.80. The standard InChI is InChI=1S/C12H15N3/c1-10(7-13)15-9-14-8-12(15)11-5-3-2-4-6-11/h2-6,8-10H,7,13H2,1H3. The van der Waals surface area contributed by atoms with Gasteiger partial charge in [-0.15, -0.1) is 0 Å². The van der Waals surface area contributed by atoms with Gasteiger partial charge in [-0.05, 0) is 12.5 Å². The van der Waals surface area contributed by atoms with Crippen LogP contribution >= 0.6 is 0 Å². The molecular formula is C12H15N3. The number of aromatic nitrogens is 2. The molecular weight excluding hydrogens is 186 g/mol. The van der Waals surface area contributed by atoms with Crippen LogP contribution in [-0.2, 0) is 0 Å². The number of rotatable bonds is 3. The lowest BCUT2D eigenvalue weighted by atomic mass is 10.1. The van der Waals surface area contributed by atoms with Gasteiger partial charge in [-0.2, -0.15) is 0 Å². The van der Waals surface area contributed by atoms with Crippen molar-refractivity contribution in [3.8, 4) is 11.3 Å². The molecule has 0 aliphatic rings. The van der Waals surface area contributed by atoms with Crippen molar-refractivity contribution < 1.29 is 0 Å². The van der Waals surface area contributed by atoms with Gasteiger partial charge in [0.1, 0.15) is 0 Å². The fourth-order valence-corrected chi connectivity index (χ4v) is 1.60. The molecule has 3 heteroatoms. The van der Waals surface area contributed by atoms with Crippen LogP contribution in [0.25, 0.3) is 11.3 Å². The number of nitrogens with zero attached hydrogens (tertiary/aromatic N) is 2. The predicted octanol–water partition coefficient (Wildman–Crippen LogP) is 2.07. The average Bonchev–Trinajstić information content (AvgIpc) is 2.78. The van der Waals surface area contributed by atoms with Gasteiger partial charge in [0, 0.05) is 12.6 Å². The molecule has 0 amide bonds. The average molecular weight is 201 g/mol. The van der Waals surface area contributed by atoms with E-state index in [-0.39, 0.29) is 6.04 Å². The Morgan fingerprint density at radius 3 is 2.73 bits per heavy atom. The van der Waals surface area contributed by atoms with Gasteiger partial charge in [0.15, 0.2) is 0 Å². The molecule has 2 aromatic rings. The van der Waals surface area contributed by atoms with Crippen molar-refractivity contribution in [1.82, 2.24) is 9.55 Å². The van der Waals surface area contributed by atoms with Gasteiger partial charge < -0.3 is 10.3 Å². The molecule has 2 rings (SSSR count). The first-order valence-corrected chi connectivity index (χ1v) is 5.10. The van der Waals surface area contributed by atoms with Crippen LogP contribution in [0.3, 0.4) is 0 Å². The van der Waals surface area contributed by atoms with E-state index < -0.39 is 0 Å². The Hall–Kier alpha value is -1.61. The third-order valence-corrected chi connectivity index (χ3v) is 2.55. The zero-order chi connectivity index (χ0) is 10.7. The minimum atomic E-state index is 0.280. The molecule has 1 aromatic heterocycles. The molecule has 78 valence electrons. The lowest BCUT2D eigenvalue weighted by Gasteiger charge is -2.14. The smallest absolute Gasteiger partial charge is 0.0953 e. The van der Waals surface area contributed by atoms with Crippen LogP contribution in [0.1, 0.15) is 13.0 Å². The van der Waals surface area contributed by atoms with Crippen LogP contribution in [0.4, 0.5) is 0 Å². The fourth-order valence-electron chi connectivity index (χ4n) is 1.60. The van der Waals surface area contributed by atoms with Crippen molar-refractivity contribution in [3.05, 3.63) is 42.9 Å². The maximum absolute atomic E-state index is 5.66. The monoisotopic (exact) mass is 201 g/mol. The first kappa shape index (κ1) is 9.93. The normalized spacial score (nSPS) is 12.7. The van der Waals surface area contributed by atoms with Crippen LogP contribution in [0.5, 0.6) is 0 Å². The first-order valence-electron chi connectivity index (χ1n) is 5.10. The predicted molar refractivity (Wildman–Crippen MR) is 61.4 cm³/mol. The molecule has 0 radical (unpaired) electrons. The summed E-state index contributed by atoms with van der Waals surface area (Å²) in [5.74, 6) is 0. The van der Waals surface area contributed by atoms with E-state index in [0.29, 0.717) is 6.54 Å². The van der Waals surface area contributed by atoms with Crippen LogP contribution in [-0.4, -0.2) is 16.1 Å². The van der Waals surface area contributed by atoms with Crippen molar-refractivity contribution in [2.75, 3.05) is 6.54 Å². The van der Waals surface area contributed by atoms with Crippen LogP contribution < -0.4 is 5.73 Å². The second-order valence-corrected chi connectivity index (χ2v) is 3.64. The van der Waals surface area contributed by atoms with Gasteiger partial charge in [-0.1, -0.05) is 30.3 Å². The summed E-state index contributed by atoms with van der Waals surface area (Å²) in [5, 5.41) is 0. The highest BCUT2D eigenvalue weighted by atomic mass is 15.1. The SMILES string of the molecule is CC(CN)n1cncc1-c1ccccc1. The van der Waals surface area contributed by atoms with E-state index in [1.165, 1.54) is 5.56 Å². The molecule has 0 spiro atoms. The van der Waals surface area contributed by atoms with E-state index in [2.05, 4.69) is 28.6 Å². The van der Waals surface area contributed by atoms with Gasteiger partial charge in [0.25, 0.3) is 0 Å². The largest absolute Gasteiger partial charge is 0.328 e. The van der Waals surface area contributed by atoms with Crippen molar-refractivity contribution in [2.45, 2.75) is 13.0 Å². The first-order chi connectivity index (χ1) is 7.33. The van der Waals surface area contributed by atoms with Gasteiger partial charge in [-0.3, -0.25) is 0 Å². The molecule has 0 saturated carbocycles. The highest BCUT2D eigenvalue weighted by Gasteiger charge is 2.08. The second kappa shape index (κ2) is 4.28. The van der Waals surface area contributed by atoms with Gasteiger partial charge >= 0.3 is 0 Å². The summed E-state index contributed by atoms with van der Waals surface area (Å²) in [6.45, 7) is 2.71. The van der Waals surface area contributed by atoms with Gasteiger partial charge in [-0.25, -0.2) is 4.98 Å². The lowest BCUT2D eigenvalue weighted by molar-refractivity contribution is 0.563. The number of benzene rings is 1. The second-order valence-electron chi connectivity index (χ2n) is 3.64. The molecule has 15 heavy (non-hydrogen) atoms. The Kier molecular flexibility index (Phi) is 2.83. The van der Waals surface area contributed by atoms with Crippen molar-refractivity contribution >= 4 is 0 Å². The van der Waals surface area contributed by atoms with Crippen molar-refractivity contribution in [1.29, 1.82) is 0 Å². The molecule has 0 saturated heterocycles. The summed E-state index contributed by atoms with van der Waals surface area (Å²) in [5.41, 5.74) is 7.96. The summed E-state index contributed by atoms with van der Waals surface area (Å²) in [6.07, 6.45) is 3.71. The van der Waals surface area contributed by atoms with Crippen LogP contribution in [0, 0.1) is 0 Å². The van der Waals surface area contributed by atoms with E-state index in [0.717, 1.165) is 5.69 Å². The molecule has 0 fully saturated rings.